The van der Waals surface area contributed by atoms with Gasteiger partial charge in [-0.15, -0.1) is 5.10 Å². The highest BCUT2D eigenvalue weighted by molar-refractivity contribution is 9.11. The summed E-state index contributed by atoms with van der Waals surface area (Å²) in [5, 5.41) is 17.3. The van der Waals surface area contributed by atoms with Gasteiger partial charge in [-0.1, -0.05) is 11.3 Å². The van der Waals surface area contributed by atoms with E-state index in [1.165, 1.54) is 23.7 Å². The van der Waals surface area contributed by atoms with Crippen LogP contribution in [0.3, 0.4) is 0 Å². The summed E-state index contributed by atoms with van der Waals surface area (Å²) in [7, 11) is -0.893. The van der Waals surface area contributed by atoms with E-state index in [9.17, 15) is 9.41 Å². The van der Waals surface area contributed by atoms with Gasteiger partial charge in [0, 0.05) is 30.9 Å². The molecule has 1 aromatic carbocycles. The van der Waals surface area contributed by atoms with Crippen LogP contribution in [-0.2, 0) is 17.6 Å². The van der Waals surface area contributed by atoms with Crippen molar-refractivity contribution in [2.75, 3.05) is 0 Å². The number of aromatic nitrogens is 4. The van der Waals surface area contributed by atoms with Crippen molar-refractivity contribution in [3.8, 4) is 0 Å². The molecule has 26 heavy (non-hydrogen) atoms. The van der Waals surface area contributed by atoms with Gasteiger partial charge in [0.15, 0.2) is 0 Å². The fourth-order valence-electron chi connectivity index (χ4n) is 2.59. The zero-order valence-corrected chi connectivity index (χ0v) is 16.7. The number of nitrogens with zero attached hydrogens (tertiary/aromatic N) is 4. The molecule has 6 nitrogen and oxygen atoms in total. The number of rotatable bonds is 3. The van der Waals surface area contributed by atoms with Gasteiger partial charge in [0.25, 0.3) is 0 Å². The maximum atomic E-state index is 12.7. The second-order valence-corrected chi connectivity index (χ2v) is 7.89. The lowest BCUT2D eigenvalue weighted by atomic mass is 9.79. The van der Waals surface area contributed by atoms with Crippen LogP contribution in [0.5, 0.6) is 0 Å². The Morgan fingerprint density at radius 3 is 2.92 bits per heavy atom. The summed E-state index contributed by atoms with van der Waals surface area (Å²) in [4.78, 5) is 0. The number of halogens is 2. The van der Waals surface area contributed by atoms with Crippen LogP contribution in [0.25, 0.3) is 0 Å². The highest BCUT2D eigenvalue weighted by Gasteiger charge is 2.32. The molecule has 136 valence electrons. The summed E-state index contributed by atoms with van der Waals surface area (Å²) in [6, 6.07) is 4.28. The molecule has 0 amide bonds. The predicted octanol–water partition coefficient (Wildman–Crippen LogP) is 2.71. The van der Waals surface area contributed by atoms with E-state index in [1.54, 1.807) is 13.0 Å². The zero-order chi connectivity index (χ0) is 18.7. The third-order valence-electron chi connectivity index (χ3n) is 3.96. The number of aryl methyl sites for hydroxylation is 1. The summed E-state index contributed by atoms with van der Waals surface area (Å²) in [6.45, 7) is 4.69. The first-order valence-electron chi connectivity index (χ1n) is 8.08. The molecule has 0 saturated carbocycles. The maximum Gasteiger partial charge on any atom is 0.491 e. The normalized spacial score (nSPS) is 15.6. The van der Waals surface area contributed by atoms with Gasteiger partial charge in [0.05, 0.1) is 15.6 Å². The SMILES string of the molecule is CCn1cc(Cc2cnsc2Br)nn1.C[C@H]1OB(O)c2ccc(F)cc21. The molecule has 0 saturated heterocycles. The van der Waals surface area contributed by atoms with Gasteiger partial charge >= 0.3 is 7.12 Å². The monoisotopic (exact) mass is 438 g/mol. The second-order valence-electron chi connectivity index (χ2n) is 5.77. The molecule has 1 aliphatic heterocycles. The molecule has 4 rings (SSSR count). The number of hydrogen-bond donors (Lipinski definition) is 1. The van der Waals surface area contributed by atoms with E-state index in [2.05, 4.69) is 30.6 Å². The first-order chi connectivity index (χ1) is 12.5. The Hall–Kier alpha value is -1.62. The van der Waals surface area contributed by atoms with Crippen LogP contribution in [0.15, 0.2) is 34.4 Å². The number of fused-ring (bicyclic) bond motifs is 1. The van der Waals surface area contributed by atoms with Crippen molar-refractivity contribution >= 4 is 40.0 Å². The van der Waals surface area contributed by atoms with Crippen molar-refractivity contribution in [2.45, 2.75) is 32.9 Å². The van der Waals surface area contributed by atoms with Gasteiger partial charge in [-0.05, 0) is 64.5 Å². The zero-order valence-electron chi connectivity index (χ0n) is 14.3. The minimum Gasteiger partial charge on any atom is -0.423 e. The molecular formula is C16H17BBrFN4O2S. The molecule has 1 aliphatic rings. The topological polar surface area (TPSA) is 73.1 Å². The molecular weight excluding hydrogens is 422 g/mol. The van der Waals surface area contributed by atoms with Crippen LogP contribution in [0.1, 0.15) is 36.8 Å². The minimum absolute atomic E-state index is 0.217. The van der Waals surface area contributed by atoms with Crippen molar-refractivity contribution in [1.29, 1.82) is 0 Å². The quantitative estimate of drug-likeness (QED) is 0.636. The molecule has 10 heteroatoms. The Morgan fingerprint density at radius 1 is 1.46 bits per heavy atom. The van der Waals surface area contributed by atoms with E-state index in [0.717, 1.165) is 33.6 Å². The van der Waals surface area contributed by atoms with E-state index < -0.39 is 7.12 Å². The van der Waals surface area contributed by atoms with Crippen LogP contribution < -0.4 is 5.46 Å². The van der Waals surface area contributed by atoms with Crippen molar-refractivity contribution in [1.82, 2.24) is 19.4 Å². The maximum absolute atomic E-state index is 12.7. The van der Waals surface area contributed by atoms with E-state index in [1.807, 2.05) is 24.0 Å². The van der Waals surface area contributed by atoms with Gasteiger partial charge in [0.1, 0.15) is 5.82 Å². The van der Waals surface area contributed by atoms with E-state index in [0.29, 0.717) is 5.46 Å². The molecule has 3 aromatic rings. The molecule has 3 heterocycles. The predicted molar refractivity (Wildman–Crippen MR) is 102 cm³/mol. The van der Waals surface area contributed by atoms with Crippen LogP contribution in [0.2, 0.25) is 0 Å². The average Bonchev–Trinajstić information content (AvgIpc) is 3.30. The first-order valence-corrected chi connectivity index (χ1v) is 9.65. The molecule has 0 spiro atoms. The lowest BCUT2D eigenvalue weighted by Crippen LogP contribution is -2.27. The van der Waals surface area contributed by atoms with Crippen molar-refractivity contribution in [2.24, 2.45) is 0 Å². The fourth-order valence-corrected chi connectivity index (χ4v) is 3.60. The lowest BCUT2D eigenvalue weighted by Gasteiger charge is -2.02. The highest BCUT2D eigenvalue weighted by atomic mass is 79.9. The molecule has 1 N–H and O–H groups in total. The second kappa shape index (κ2) is 8.38. The van der Waals surface area contributed by atoms with Crippen LogP contribution in [-0.4, -0.2) is 31.5 Å². The van der Waals surface area contributed by atoms with Crippen LogP contribution in [0.4, 0.5) is 4.39 Å². The van der Waals surface area contributed by atoms with E-state index in [4.69, 9.17) is 4.65 Å². The third kappa shape index (κ3) is 4.37. The molecule has 0 unspecified atom stereocenters. The van der Waals surface area contributed by atoms with Crippen LogP contribution >= 0.6 is 27.5 Å². The summed E-state index contributed by atoms with van der Waals surface area (Å²) < 4.78 is 24.8. The Kier molecular flexibility index (Phi) is 6.18. The smallest absolute Gasteiger partial charge is 0.423 e. The van der Waals surface area contributed by atoms with Crippen LogP contribution in [0, 0.1) is 5.82 Å². The van der Waals surface area contributed by atoms with Gasteiger partial charge in [-0.2, -0.15) is 4.37 Å². The Labute approximate surface area is 163 Å². The molecule has 2 aromatic heterocycles. The van der Waals surface area contributed by atoms with Crippen molar-refractivity contribution < 1.29 is 14.1 Å². The van der Waals surface area contributed by atoms with Gasteiger partial charge < -0.3 is 9.68 Å². The fraction of sp³-hybridized carbons (Fsp3) is 0.312. The largest absolute Gasteiger partial charge is 0.491 e. The number of hydrogen-bond acceptors (Lipinski definition) is 6. The molecule has 1 atom stereocenters. The van der Waals surface area contributed by atoms with Gasteiger partial charge in [-0.3, -0.25) is 4.68 Å². The summed E-state index contributed by atoms with van der Waals surface area (Å²) in [5.41, 5.74) is 3.55. The van der Waals surface area contributed by atoms with Crippen molar-refractivity contribution in [3.05, 3.63) is 57.0 Å². The molecule has 0 fully saturated rings. The summed E-state index contributed by atoms with van der Waals surface area (Å²) >= 11 is 4.90. The first kappa shape index (κ1) is 19.2. The number of benzene rings is 1. The summed E-state index contributed by atoms with van der Waals surface area (Å²) in [5.74, 6) is -0.293. The molecule has 0 bridgehead atoms. The third-order valence-corrected chi connectivity index (χ3v) is 5.54. The minimum atomic E-state index is -0.893. The average molecular weight is 439 g/mol. The van der Waals surface area contributed by atoms with Gasteiger partial charge in [-0.25, -0.2) is 4.39 Å². The standard InChI is InChI=1S/C8H8BFO2.C8H9BrN4S/c1-5-7-4-6(10)2-3-8(7)9(11)12-5;1-2-13-5-7(11-12-13)3-6-4-10-14-8(6)9/h2-5,11H,1H3;4-5H,2-3H2,1H3/t5-;/m1./s1. The van der Waals surface area contributed by atoms with Gasteiger partial charge in [0.2, 0.25) is 0 Å². The Balaban J connectivity index is 0.000000152. The highest BCUT2D eigenvalue weighted by Crippen LogP contribution is 2.23. The molecule has 0 radical (unpaired) electrons. The molecule has 0 aliphatic carbocycles. The summed E-state index contributed by atoms with van der Waals surface area (Å²) in [6.07, 6.45) is 4.40. The Morgan fingerprint density at radius 2 is 2.27 bits per heavy atom. The Bertz CT molecular complexity index is 891. The van der Waals surface area contributed by atoms with Crippen molar-refractivity contribution in [3.63, 3.8) is 0 Å². The lowest BCUT2D eigenvalue weighted by molar-refractivity contribution is 0.208. The van der Waals surface area contributed by atoms with E-state index >= 15 is 0 Å². The van der Waals surface area contributed by atoms with E-state index in [-0.39, 0.29) is 11.9 Å².